The highest BCUT2D eigenvalue weighted by Gasteiger charge is 2.17. The molecule has 3 rings (SSSR count). The first kappa shape index (κ1) is 13.8. The van der Waals surface area contributed by atoms with E-state index < -0.39 is 0 Å². The van der Waals surface area contributed by atoms with Gasteiger partial charge in [0.15, 0.2) is 0 Å². The Hall–Kier alpha value is -2.14. The zero-order valence-corrected chi connectivity index (χ0v) is 12.8. The number of aromatic nitrogens is 3. The van der Waals surface area contributed by atoms with Crippen LogP contribution in [0.4, 0.5) is 0 Å². The van der Waals surface area contributed by atoms with Crippen LogP contribution in [0.2, 0.25) is 0 Å². The number of fused-ring (bicyclic) bond motifs is 1. The standard InChI is InChI=1S/C16H15N3OS/c1-3-4-14-16(21-19-18-14)15(20)12-7-8-13-11(9-12)6-5-10(2)17-13/h5-9H,3-4H2,1-2H3. The number of ketones is 1. The minimum Gasteiger partial charge on any atom is -0.288 e. The maximum Gasteiger partial charge on any atom is 0.206 e. The minimum absolute atomic E-state index is 0.00377. The van der Waals surface area contributed by atoms with E-state index in [1.54, 1.807) is 0 Å². The van der Waals surface area contributed by atoms with Gasteiger partial charge in [-0.2, -0.15) is 0 Å². The molecule has 5 heteroatoms. The molecule has 0 saturated heterocycles. The number of pyridine rings is 1. The third-order valence-corrected chi connectivity index (χ3v) is 4.11. The van der Waals surface area contributed by atoms with Gasteiger partial charge in [0, 0.05) is 16.6 Å². The van der Waals surface area contributed by atoms with Gasteiger partial charge in [-0.15, -0.1) is 5.10 Å². The third kappa shape index (κ3) is 2.69. The zero-order valence-electron chi connectivity index (χ0n) is 12.0. The summed E-state index contributed by atoms with van der Waals surface area (Å²) < 4.78 is 3.92. The summed E-state index contributed by atoms with van der Waals surface area (Å²) in [5.74, 6) is -0.00377. The van der Waals surface area contributed by atoms with Gasteiger partial charge in [0.25, 0.3) is 0 Å². The van der Waals surface area contributed by atoms with E-state index in [-0.39, 0.29) is 5.78 Å². The molecule has 0 radical (unpaired) electrons. The van der Waals surface area contributed by atoms with Crippen LogP contribution in [0.5, 0.6) is 0 Å². The molecular formula is C16H15N3OS. The molecule has 0 N–H and O–H groups in total. The predicted octanol–water partition coefficient (Wildman–Crippen LogP) is 3.58. The summed E-state index contributed by atoms with van der Waals surface area (Å²) in [7, 11) is 0. The number of benzene rings is 1. The predicted molar refractivity (Wildman–Crippen MR) is 83.8 cm³/mol. The molecule has 0 unspecified atom stereocenters. The number of aryl methyl sites for hydroxylation is 2. The second-order valence-corrected chi connectivity index (χ2v) is 5.74. The van der Waals surface area contributed by atoms with Gasteiger partial charge in [-0.05, 0) is 49.1 Å². The Morgan fingerprint density at radius 1 is 1.24 bits per heavy atom. The first-order valence-corrected chi connectivity index (χ1v) is 7.69. The molecule has 4 nitrogen and oxygen atoms in total. The fourth-order valence-electron chi connectivity index (χ4n) is 2.28. The quantitative estimate of drug-likeness (QED) is 0.691. The van der Waals surface area contributed by atoms with Crippen molar-refractivity contribution >= 4 is 28.2 Å². The van der Waals surface area contributed by atoms with Crippen LogP contribution in [-0.4, -0.2) is 20.4 Å². The van der Waals surface area contributed by atoms with Crippen molar-refractivity contribution in [2.45, 2.75) is 26.7 Å². The SMILES string of the molecule is CCCc1nnsc1C(=O)c1ccc2nc(C)ccc2c1. The van der Waals surface area contributed by atoms with Crippen molar-refractivity contribution in [2.24, 2.45) is 0 Å². The first-order valence-electron chi connectivity index (χ1n) is 6.92. The maximum atomic E-state index is 12.6. The van der Waals surface area contributed by atoms with Crippen LogP contribution >= 0.6 is 11.5 Å². The Balaban J connectivity index is 2.01. The normalized spacial score (nSPS) is 11.0. The van der Waals surface area contributed by atoms with Crippen molar-refractivity contribution in [1.29, 1.82) is 0 Å². The molecule has 0 atom stereocenters. The van der Waals surface area contributed by atoms with Crippen LogP contribution in [-0.2, 0) is 6.42 Å². The highest BCUT2D eigenvalue weighted by atomic mass is 32.1. The van der Waals surface area contributed by atoms with Crippen molar-refractivity contribution in [1.82, 2.24) is 14.6 Å². The van der Waals surface area contributed by atoms with Gasteiger partial charge in [0.05, 0.1) is 11.2 Å². The lowest BCUT2D eigenvalue weighted by Crippen LogP contribution is -2.03. The van der Waals surface area contributed by atoms with E-state index in [1.807, 2.05) is 37.3 Å². The Bertz CT molecular complexity index is 810. The molecule has 21 heavy (non-hydrogen) atoms. The van der Waals surface area contributed by atoms with Crippen LogP contribution in [0.15, 0.2) is 30.3 Å². The zero-order chi connectivity index (χ0) is 14.8. The van der Waals surface area contributed by atoms with Gasteiger partial charge in [-0.25, -0.2) is 0 Å². The van der Waals surface area contributed by atoms with E-state index in [9.17, 15) is 4.79 Å². The summed E-state index contributed by atoms with van der Waals surface area (Å²) in [4.78, 5) is 17.7. The Morgan fingerprint density at radius 2 is 2.10 bits per heavy atom. The topological polar surface area (TPSA) is 55.7 Å². The smallest absolute Gasteiger partial charge is 0.206 e. The third-order valence-electron chi connectivity index (χ3n) is 3.34. The van der Waals surface area contributed by atoms with Crippen LogP contribution in [0.1, 0.15) is 40.0 Å². The van der Waals surface area contributed by atoms with Gasteiger partial charge in [0.2, 0.25) is 5.78 Å². The molecule has 0 aliphatic rings. The molecule has 0 fully saturated rings. The molecule has 0 bridgehead atoms. The summed E-state index contributed by atoms with van der Waals surface area (Å²) in [6, 6.07) is 9.55. The molecule has 2 heterocycles. The van der Waals surface area contributed by atoms with E-state index in [0.717, 1.165) is 35.1 Å². The summed E-state index contributed by atoms with van der Waals surface area (Å²) in [6.07, 6.45) is 1.73. The number of rotatable bonds is 4. The second-order valence-electron chi connectivity index (χ2n) is 4.99. The van der Waals surface area contributed by atoms with E-state index in [4.69, 9.17) is 0 Å². The lowest BCUT2D eigenvalue weighted by Gasteiger charge is -2.03. The molecule has 3 aromatic rings. The fourth-order valence-corrected chi connectivity index (χ4v) is 2.95. The molecule has 0 amide bonds. The molecule has 2 aromatic heterocycles. The van der Waals surface area contributed by atoms with Crippen molar-refractivity contribution in [3.8, 4) is 0 Å². The van der Waals surface area contributed by atoms with Crippen LogP contribution < -0.4 is 0 Å². The van der Waals surface area contributed by atoms with E-state index >= 15 is 0 Å². The molecule has 1 aromatic carbocycles. The number of hydrogen-bond acceptors (Lipinski definition) is 5. The van der Waals surface area contributed by atoms with Gasteiger partial charge in [0.1, 0.15) is 4.88 Å². The summed E-state index contributed by atoms with van der Waals surface area (Å²) >= 11 is 1.17. The monoisotopic (exact) mass is 297 g/mol. The fraction of sp³-hybridized carbons (Fsp3) is 0.250. The second kappa shape index (κ2) is 5.69. The Morgan fingerprint density at radius 3 is 2.90 bits per heavy atom. The van der Waals surface area contributed by atoms with E-state index in [1.165, 1.54) is 11.5 Å². The van der Waals surface area contributed by atoms with Gasteiger partial charge in [-0.1, -0.05) is 23.9 Å². The number of hydrogen-bond donors (Lipinski definition) is 0. The minimum atomic E-state index is -0.00377. The summed E-state index contributed by atoms with van der Waals surface area (Å²) in [5.41, 5.74) is 3.34. The average molecular weight is 297 g/mol. The highest BCUT2D eigenvalue weighted by Crippen LogP contribution is 2.21. The molecule has 0 aliphatic heterocycles. The van der Waals surface area contributed by atoms with Crippen molar-refractivity contribution in [2.75, 3.05) is 0 Å². The average Bonchev–Trinajstić information content (AvgIpc) is 2.94. The Kier molecular flexibility index (Phi) is 3.75. The van der Waals surface area contributed by atoms with Crippen molar-refractivity contribution in [3.63, 3.8) is 0 Å². The summed E-state index contributed by atoms with van der Waals surface area (Å²) in [5, 5.41) is 5.03. The summed E-state index contributed by atoms with van der Waals surface area (Å²) in [6.45, 7) is 4.02. The number of carbonyl (C=O) groups is 1. The van der Waals surface area contributed by atoms with Crippen LogP contribution in [0.3, 0.4) is 0 Å². The molecule has 106 valence electrons. The Labute approximate surface area is 127 Å². The van der Waals surface area contributed by atoms with Crippen molar-refractivity contribution in [3.05, 3.63) is 52.2 Å². The van der Waals surface area contributed by atoms with Gasteiger partial charge < -0.3 is 0 Å². The maximum absolute atomic E-state index is 12.6. The number of carbonyl (C=O) groups excluding carboxylic acids is 1. The molecular weight excluding hydrogens is 282 g/mol. The number of nitrogens with zero attached hydrogens (tertiary/aromatic N) is 3. The van der Waals surface area contributed by atoms with Crippen molar-refractivity contribution < 1.29 is 4.79 Å². The van der Waals surface area contributed by atoms with Gasteiger partial charge in [-0.3, -0.25) is 9.78 Å². The lowest BCUT2D eigenvalue weighted by atomic mass is 10.0. The lowest BCUT2D eigenvalue weighted by molar-refractivity contribution is 0.104. The van der Waals surface area contributed by atoms with Crippen LogP contribution in [0.25, 0.3) is 10.9 Å². The molecule has 0 saturated carbocycles. The molecule has 0 spiro atoms. The first-order chi connectivity index (χ1) is 10.2. The van der Waals surface area contributed by atoms with Gasteiger partial charge >= 0.3 is 0 Å². The highest BCUT2D eigenvalue weighted by molar-refractivity contribution is 7.08. The van der Waals surface area contributed by atoms with E-state index in [0.29, 0.717) is 10.4 Å². The molecule has 0 aliphatic carbocycles. The van der Waals surface area contributed by atoms with E-state index in [2.05, 4.69) is 21.5 Å². The largest absolute Gasteiger partial charge is 0.288 e. The van der Waals surface area contributed by atoms with Crippen LogP contribution in [0, 0.1) is 6.92 Å².